The number of thioether (sulfide) groups is 1. The molecule has 0 N–H and O–H groups in total. The Morgan fingerprint density at radius 2 is 2.41 bits per heavy atom. The number of fused-ring (bicyclic) bond motifs is 2. The number of carbonyl (C=O) groups excluding carboxylic acids is 1. The van der Waals surface area contributed by atoms with Gasteiger partial charge in [0.25, 0.3) is 5.91 Å². The number of hydrogen-bond acceptors (Lipinski definition) is 3. The first-order valence-corrected chi connectivity index (χ1v) is 6.75. The third-order valence-corrected chi connectivity index (χ3v) is 4.79. The molecule has 2 unspecified atom stereocenters. The fourth-order valence-corrected chi connectivity index (χ4v) is 3.97. The first kappa shape index (κ1) is 10.7. The number of rotatable bonds is 1. The van der Waals surface area contributed by atoms with E-state index in [2.05, 4.69) is 6.07 Å². The molecular weight excluding hydrogens is 232 g/mol. The molecule has 0 saturated carbocycles. The Morgan fingerprint density at radius 1 is 1.53 bits per heavy atom. The van der Waals surface area contributed by atoms with E-state index in [1.54, 1.807) is 24.3 Å². The highest BCUT2D eigenvalue weighted by Gasteiger charge is 2.41. The van der Waals surface area contributed by atoms with Crippen molar-refractivity contribution < 1.29 is 4.79 Å². The van der Waals surface area contributed by atoms with Crippen LogP contribution in [-0.4, -0.2) is 34.4 Å². The van der Waals surface area contributed by atoms with E-state index in [4.69, 9.17) is 5.26 Å². The van der Waals surface area contributed by atoms with Crippen LogP contribution in [0.4, 0.5) is 0 Å². The Labute approximate surface area is 104 Å². The highest BCUT2D eigenvalue weighted by atomic mass is 32.2. The van der Waals surface area contributed by atoms with Crippen LogP contribution in [0.1, 0.15) is 22.3 Å². The second-order valence-electron chi connectivity index (χ2n) is 4.49. The van der Waals surface area contributed by atoms with Gasteiger partial charge in [0.1, 0.15) is 0 Å². The largest absolute Gasteiger partial charge is 0.334 e. The van der Waals surface area contributed by atoms with E-state index in [0.29, 0.717) is 22.4 Å². The van der Waals surface area contributed by atoms with Gasteiger partial charge in [0, 0.05) is 29.2 Å². The van der Waals surface area contributed by atoms with Gasteiger partial charge in [-0.05, 0) is 24.6 Å². The van der Waals surface area contributed by atoms with E-state index in [-0.39, 0.29) is 5.91 Å². The lowest BCUT2D eigenvalue weighted by Crippen LogP contribution is -2.39. The van der Waals surface area contributed by atoms with Crippen molar-refractivity contribution in [3.8, 4) is 6.07 Å². The molecule has 3 nitrogen and oxygen atoms in total. The van der Waals surface area contributed by atoms with E-state index >= 15 is 0 Å². The smallest absolute Gasteiger partial charge is 0.254 e. The Bertz CT molecular complexity index is 508. The van der Waals surface area contributed by atoms with Crippen molar-refractivity contribution in [1.29, 1.82) is 5.26 Å². The normalized spacial score (nSPS) is 25.9. The maximum absolute atomic E-state index is 12.3. The molecule has 2 bridgehead atoms. The standard InChI is InChI=1S/C13H12N2OS/c14-6-9-2-1-3-10(4-9)13(16)15-7-12-5-11(15)8-17-12/h1-4,11-12H,5,7-8H2. The molecule has 3 rings (SSSR count). The van der Waals surface area contributed by atoms with Crippen LogP contribution >= 0.6 is 11.8 Å². The predicted octanol–water partition coefficient (Wildman–Crippen LogP) is 1.89. The van der Waals surface area contributed by atoms with Crippen molar-refractivity contribution in [3.05, 3.63) is 35.4 Å². The molecule has 0 spiro atoms. The zero-order valence-corrected chi connectivity index (χ0v) is 10.1. The summed E-state index contributed by atoms with van der Waals surface area (Å²) >= 11 is 1.97. The lowest BCUT2D eigenvalue weighted by molar-refractivity contribution is 0.0747. The molecule has 1 aromatic carbocycles. The third-order valence-electron chi connectivity index (χ3n) is 3.40. The average molecular weight is 244 g/mol. The Morgan fingerprint density at radius 3 is 3.06 bits per heavy atom. The molecule has 2 aliphatic heterocycles. The molecule has 2 heterocycles. The molecule has 2 atom stereocenters. The van der Waals surface area contributed by atoms with Crippen LogP contribution in [0.25, 0.3) is 0 Å². The molecule has 0 aromatic heterocycles. The fraction of sp³-hybridized carbons (Fsp3) is 0.385. The van der Waals surface area contributed by atoms with Gasteiger partial charge in [-0.2, -0.15) is 17.0 Å². The minimum Gasteiger partial charge on any atom is -0.334 e. The first-order chi connectivity index (χ1) is 8.28. The number of amides is 1. The van der Waals surface area contributed by atoms with Gasteiger partial charge in [0.15, 0.2) is 0 Å². The second-order valence-corrected chi connectivity index (χ2v) is 5.83. The maximum atomic E-state index is 12.3. The Kier molecular flexibility index (Phi) is 2.56. The Balaban J connectivity index is 1.84. The highest BCUT2D eigenvalue weighted by Crippen LogP contribution is 2.38. The number of benzene rings is 1. The molecule has 4 heteroatoms. The van der Waals surface area contributed by atoms with Crippen LogP contribution in [0, 0.1) is 11.3 Å². The molecule has 0 radical (unpaired) electrons. The SMILES string of the molecule is N#Cc1cccc(C(=O)N2CC3CC2CS3)c1. The van der Waals surface area contributed by atoms with Crippen LogP contribution in [-0.2, 0) is 0 Å². The Hall–Kier alpha value is -1.47. The summed E-state index contributed by atoms with van der Waals surface area (Å²) in [7, 11) is 0. The lowest BCUT2D eigenvalue weighted by Gasteiger charge is -2.26. The van der Waals surface area contributed by atoms with Gasteiger partial charge in [-0.3, -0.25) is 4.79 Å². The summed E-state index contributed by atoms with van der Waals surface area (Å²) in [5, 5.41) is 9.46. The van der Waals surface area contributed by atoms with Crippen LogP contribution < -0.4 is 0 Å². The van der Waals surface area contributed by atoms with Crippen molar-refractivity contribution in [2.45, 2.75) is 17.7 Å². The number of hydrogen-bond donors (Lipinski definition) is 0. The molecule has 2 aliphatic rings. The van der Waals surface area contributed by atoms with E-state index in [1.165, 1.54) is 0 Å². The number of likely N-dealkylation sites (tertiary alicyclic amines) is 1. The van der Waals surface area contributed by atoms with E-state index in [0.717, 1.165) is 18.7 Å². The molecule has 17 heavy (non-hydrogen) atoms. The lowest BCUT2D eigenvalue weighted by atomic mass is 10.1. The van der Waals surface area contributed by atoms with Crippen molar-refractivity contribution >= 4 is 17.7 Å². The topological polar surface area (TPSA) is 44.1 Å². The molecule has 1 aromatic rings. The summed E-state index contributed by atoms with van der Waals surface area (Å²) in [6.45, 7) is 0.866. The number of nitriles is 1. The monoisotopic (exact) mass is 244 g/mol. The van der Waals surface area contributed by atoms with Gasteiger partial charge in [0.2, 0.25) is 0 Å². The number of carbonyl (C=O) groups is 1. The molecule has 86 valence electrons. The van der Waals surface area contributed by atoms with Gasteiger partial charge in [-0.25, -0.2) is 0 Å². The fourth-order valence-electron chi connectivity index (χ4n) is 2.54. The minimum atomic E-state index is 0.0786. The average Bonchev–Trinajstić information content (AvgIpc) is 3.00. The van der Waals surface area contributed by atoms with Crippen molar-refractivity contribution in [3.63, 3.8) is 0 Å². The van der Waals surface area contributed by atoms with Crippen LogP contribution in [0.15, 0.2) is 24.3 Å². The van der Waals surface area contributed by atoms with E-state index in [9.17, 15) is 4.79 Å². The molecule has 2 fully saturated rings. The molecule has 2 saturated heterocycles. The van der Waals surface area contributed by atoms with Gasteiger partial charge < -0.3 is 4.90 Å². The summed E-state index contributed by atoms with van der Waals surface area (Å²) < 4.78 is 0. The van der Waals surface area contributed by atoms with Gasteiger partial charge in [-0.15, -0.1) is 0 Å². The van der Waals surface area contributed by atoms with Gasteiger partial charge in [-0.1, -0.05) is 6.07 Å². The summed E-state index contributed by atoms with van der Waals surface area (Å²) in [5.41, 5.74) is 1.19. The summed E-state index contributed by atoms with van der Waals surface area (Å²) in [4.78, 5) is 14.3. The predicted molar refractivity (Wildman–Crippen MR) is 66.8 cm³/mol. The maximum Gasteiger partial charge on any atom is 0.254 e. The quantitative estimate of drug-likeness (QED) is 0.757. The van der Waals surface area contributed by atoms with Crippen LogP contribution in [0.3, 0.4) is 0 Å². The van der Waals surface area contributed by atoms with Crippen molar-refractivity contribution in [1.82, 2.24) is 4.90 Å². The second kappa shape index (κ2) is 4.08. The van der Waals surface area contributed by atoms with Gasteiger partial charge in [0.05, 0.1) is 11.6 Å². The molecule has 0 aliphatic carbocycles. The number of nitrogens with zero attached hydrogens (tertiary/aromatic N) is 2. The molecule has 1 amide bonds. The third kappa shape index (κ3) is 1.81. The van der Waals surface area contributed by atoms with Gasteiger partial charge >= 0.3 is 0 Å². The zero-order chi connectivity index (χ0) is 11.8. The van der Waals surface area contributed by atoms with E-state index in [1.807, 2.05) is 16.7 Å². The summed E-state index contributed by atoms with van der Waals surface area (Å²) in [5.74, 6) is 1.14. The van der Waals surface area contributed by atoms with Crippen LogP contribution in [0.5, 0.6) is 0 Å². The summed E-state index contributed by atoms with van der Waals surface area (Å²) in [6, 6.07) is 9.45. The van der Waals surface area contributed by atoms with Crippen molar-refractivity contribution in [2.75, 3.05) is 12.3 Å². The summed E-state index contributed by atoms with van der Waals surface area (Å²) in [6.07, 6.45) is 1.13. The molecular formula is C13H12N2OS. The van der Waals surface area contributed by atoms with Crippen molar-refractivity contribution in [2.24, 2.45) is 0 Å². The zero-order valence-electron chi connectivity index (χ0n) is 9.30. The minimum absolute atomic E-state index is 0.0786. The van der Waals surface area contributed by atoms with Crippen LogP contribution in [0.2, 0.25) is 0 Å². The highest BCUT2D eigenvalue weighted by molar-refractivity contribution is 8.00. The first-order valence-electron chi connectivity index (χ1n) is 5.70. The van der Waals surface area contributed by atoms with E-state index < -0.39 is 0 Å².